The van der Waals surface area contributed by atoms with Gasteiger partial charge in [0.2, 0.25) is 0 Å². The molecule has 4 heterocycles. The molecule has 1 unspecified atom stereocenters. The molecule has 0 spiro atoms. The van der Waals surface area contributed by atoms with Crippen LogP contribution in [0, 0.1) is 0 Å². The molecule has 0 saturated carbocycles. The normalized spacial score (nSPS) is 18.6. The lowest BCUT2D eigenvalue weighted by molar-refractivity contribution is -0.0498. The van der Waals surface area contributed by atoms with Gasteiger partial charge in [-0.25, -0.2) is 4.98 Å². The molecule has 5 aromatic rings. The van der Waals surface area contributed by atoms with Crippen molar-refractivity contribution in [3.05, 3.63) is 75.3 Å². The number of rotatable bonds is 3. The van der Waals surface area contributed by atoms with Crippen LogP contribution >= 0.6 is 0 Å². The predicted octanol–water partition coefficient (Wildman–Crippen LogP) is 3.97. The highest BCUT2D eigenvalue weighted by atomic mass is 19.3. The Balaban J connectivity index is 1.43. The van der Waals surface area contributed by atoms with Crippen LogP contribution in [0.3, 0.4) is 0 Å². The van der Waals surface area contributed by atoms with Gasteiger partial charge in [0.1, 0.15) is 28.8 Å². The first-order valence-electron chi connectivity index (χ1n) is 12.7. The molecule has 11 heteroatoms. The number of benzene rings is 3. The van der Waals surface area contributed by atoms with Gasteiger partial charge in [0.25, 0.3) is 11.1 Å². The largest absolute Gasteiger partial charge is 0.487 e. The molecule has 39 heavy (non-hydrogen) atoms. The van der Waals surface area contributed by atoms with Crippen LogP contribution in [0.15, 0.2) is 64.2 Å². The van der Waals surface area contributed by atoms with Crippen molar-refractivity contribution in [1.82, 2.24) is 24.6 Å². The fourth-order valence-electron chi connectivity index (χ4n) is 5.48. The van der Waals surface area contributed by atoms with Crippen LogP contribution in [0.2, 0.25) is 0 Å². The van der Waals surface area contributed by atoms with E-state index in [1.807, 2.05) is 6.07 Å². The SMILES string of the molecule is O=c1[nH]c2cc(-c3ccc(OC(F)F)cc3)cc3c2nc1-c1cccc2c(=O)n([nH]c12)CCN1CC[C@@H](C1)O3. The summed E-state index contributed by atoms with van der Waals surface area (Å²) in [6.07, 6.45) is 0.690. The lowest BCUT2D eigenvalue weighted by Gasteiger charge is -2.19. The molecule has 0 aliphatic carbocycles. The van der Waals surface area contributed by atoms with E-state index in [1.54, 1.807) is 41.1 Å². The first-order chi connectivity index (χ1) is 18.9. The maximum atomic E-state index is 13.3. The van der Waals surface area contributed by atoms with Crippen molar-refractivity contribution in [3.8, 4) is 33.9 Å². The molecular formula is C28H23F2N5O4. The second-order valence-corrected chi connectivity index (χ2v) is 9.81. The zero-order chi connectivity index (χ0) is 26.7. The van der Waals surface area contributed by atoms with Gasteiger partial charge in [-0.3, -0.25) is 24.3 Å². The molecule has 2 aliphatic rings. The maximum Gasteiger partial charge on any atom is 0.387 e. The van der Waals surface area contributed by atoms with Gasteiger partial charge in [-0.05, 0) is 47.9 Å². The molecule has 6 bridgehead atoms. The fourth-order valence-corrected chi connectivity index (χ4v) is 5.48. The van der Waals surface area contributed by atoms with Crippen LogP contribution in [0.5, 0.6) is 11.5 Å². The van der Waals surface area contributed by atoms with E-state index in [4.69, 9.17) is 9.72 Å². The highest BCUT2D eigenvalue weighted by Crippen LogP contribution is 2.34. The monoisotopic (exact) mass is 531 g/mol. The second kappa shape index (κ2) is 9.05. The molecule has 2 atom stereocenters. The molecule has 2 aromatic heterocycles. The number of ether oxygens (including phenoxy) is 2. The number of hydrogen-bond acceptors (Lipinski definition) is 6. The summed E-state index contributed by atoms with van der Waals surface area (Å²) < 4.78 is 37.8. The van der Waals surface area contributed by atoms with E-state index in [9.17, 15) is 18.4 Å². The number of para-hydroxylation sites is 1. The number of hydrogen-bond donors (Lipinski definition) is 2. The van der Waals surface area contributed by atoms with Crippen LogP contribution in [-0.4, -0.2) is 57.0 Å². The standard InChI is InChI=1S/C28H23F2N5O4/c29-28(30)39-17-6-4-15(5-7-17)16-12-21-25-22(13-16)38-18-8-9-34(14-18)10-11-35-27(37)20-3-1-2-19(23(20)33-35)24(32-25)26(36)31-21/h1-7,12-13,18,28,33H,8-11,14H2,(H,31,36)/t18-/m0/s1. The van der Waals surface area contributed by atoms with Crippen LogP contribution in [0.1, 0.15) is 6.42 Å². The van der Waals surface area contributed by atoms with Crippen molar-refractivity contribution in [2.45, 2.75) is 25.7 Å². The van der Waals surface area contributed by atoms with Crippen LogP contribution < -0.4 is 20.6 Å². The van der Waals surface area contributed by atoms with E-state index >= 15 is 0 Å². The molecule has 198 valence electrons. The van der Waals surface area contributed by atoms with Gasteiger partial charge < -0.3 is 14.5 Å². The summed E-state index contributed by atoms with van der Waals surface area (Å²) in [7, 11) is 0. The van der Waals surface area contributed by atoms with Crippen molar-refractivity contribution < 1.29 is 18.3 Å². The van der Waals surface area contributed by atoms with Gasteiger partial charge in [-0.2, -0.15) is 8.78 Å². The number of fused-ring (bicyclic) bond motifs is 5. The third kappa shape index (κ3) is 4.15. The lowest BCUT2D eigenvalue weighted by Crippen LogP contribution is -2.30. The Kier molecular flexibility index (Phi) is 5.48. The predicted molar refractivity (Wildman–Crippen MR) is 141 cm³/mol. The minimum Gasteiger partial charge on any atom is -0.487 e. The van der Waals surface area contributed by atoms with Crippen LogP contribution in [-0.2, 0) is 6.54 Å². The van der Waals surface area contributed by atoms with Gasteiger partial charge in [0, 0.05) is 25.2 Å². The number of nitrogens with zero attached hydrogens (tertiary/aromatic N) is 3. The summed E-state index contributed by atoms with van der Waals surface area (Å²) in [4.78, 5) is 36.4. The minimum atomic E-state index is -2.91. The average Bonchev–Trinajstić information content (AvgIpc) is 3.50. The Morgan fingerprint density at radius 1 is 1.03 bits per heavy atom. The van der Waals surface area contributed by atoms with Gasteiger partial charge in [0.15, 0.2) is 0 Å². The number of H-pyrrole nitrogens is 2. The van der Waals surface area contributed by atoms with E-state index in [2.05, 4.69) is 19.7 Å². The van der Waals surface area contributed by atoms with E-state index in [0.29, 0.717) is 52.9 Å². The Hall–Kier alpha value is -4.51. The summed E-state index contributed by atoms with van der Waals surface area (Å²) in [5.74, 6) is 0.564. The van der Waals surface area contributed by atoms with Gasteiger partial charge in [-0.1, -0.05) is 24.3 Å². The topological polar surface area (TPSA) is 105 Å². The van der Waals surface area contributed by atoms with E-state index < -0.39 is 12.2 Å². The highest BCUT2D eigenvalue weighted by molar-refractivity contribution is 5.94. The molecular weight excluding hydrogens is 508 g/mol. The Bertz CT molecular complexity index is 1840. The van der Waals surface area contributed by atoms with Crippen molar-refractivity contribution in [2.75, 3.05) is 19.6 Å². The van der Waals surface area contributed by atoms with Crippen LogP contribution in [0.4, 0.5) is 8.78 Å². The van der Waals surface area contributed by atoms with Crippen molar-refractivity contribution >= 4 is 21.9 Å². The van der Waals surface area contributed by atoms with Crippen molar-refractivity contribution in [3.63, 3.8) is 0 Å². The second-order valence-electron chi connectivity index (χ2n) is 9.81. The molecule has 7 rings (SSSR count). The number of aromatic nitrogens is 4. The highest BCUT2D eigenvalue weighted by Gasteiger charge is 2.26. The van der Waals surface area contributed by atoms with E-state index in [0.717, 1.165) is 24.1 Å². The Morgan fingerprint density at radius 2 is 1.87 bits per heavy atom. The zero-order valence-corrected chi connectivity index (χ0v) is 20.6. The average molecular weight is 532 g/mol. The summed E-state index contributed by atoms with van der Waals surface area (Å²) in [5, 5.41) is 3.69. The number of aromatic amines is 2. The summed E-state index contributed by atoms with van der Waals surface area (Å²) in [6, 6.07) is 15.2. The lowest BCUT2D eigenvalue weighted by atomic mass is 10.0. The molecule has 0 amide bonds. The van der Waals surface area contributed by atoms with Gasteiger partial charge in [-0.15, -0.1) is 0 Å². The van der Waals surface area contributed by atoms with E-state index in [1.165, 1.54) is 12.1 Å². The number of nitrogens with one attached hydrogen (secondary N) is 2. The van der Waals surface area contributed by atoms with Crippen molar-refractivity contribution in [1.29, 1.82) is 0 Å². The maximum absolute atomic E-state index is 13.3. The first kappa shape index (κ1) is 23.6. The third-order valence-electron chi connectivity index (χ3n) is 7.38. The molecule has 0 radical (unpaired) electrons. The summed E-state index contributed by atoms with van der Waals surface area (Å²) in [6.45, 7) is -0.246. The third-order valence-corrected chi connectivity index (χ3v) is 7.38. The fraction of sp³-hybridized carbons (Fsp3) is 0.250. The molecule has 9 nitrogen and oxygen atoms in total. The number of halogens is 2. The molecule has 1 saturated heterocycles. The Labute approximate surface area is 219 Å². The quantitative estimate of drug-likeness (QED) is 0.365. The number of alkyl halides is 2. The zero-order valence-electron chi connectivity index (χ0n) is 20.6. The summed E-state index contributed by atoms with van der Waals surface area (Å²) >= 11 is 0. The molecule has 1 fully saturated rings. The van der Waals surface area contributed by atoms with Gasteiger partial charge in [0.05, 0.1) is 23.0 Å². The smallest absolute Gasteiger partial charge is 0.387 e. The summed E-state index contributed by atoms with van der Waals surface area (Å²) in [5.41, 5.74) is 3.14. The molecule has 3 aromatic carbocycles. The minimum absolute atomic E-state index is 0.0549. The molecule has 2 N–H and O–H groups in total. The van der Waals surface area contributed by atoms with Crippen molar-refractivity contribution in [2.24, 2.45) is 0 Å². The van der Waals surface area contributed by atoms with Gasteiger partial charge >= 0.3 is 6.61 Å². The Morgan fingerprint density at radius 3 is 2.69 bits per heavy atom. The van der Waals surface area contributed by atoms with Crippen LogP contribution in [0.25, 0.3) is 44.3 Å². The first-order valence-corrected chi connectivity index (χ1v) is 12.7. The molecule has 2 aliphatic heterocycles. The van der Waals surface area contributed by atoms with E-state index in [-0.39, 0.29) is 23.1 Å².